The molecular formula is C12H20N2O3. The fourth-order valence-corrected chi connectivity index (χ4v) is 3.25. The van der Waals surface area contributed by atoms with Crippen LogP contribution in [0.1, 0.15) is 25.7 Å². The van der Waals surface area contributed by atoms with Gasteiger partial charge in [0.15, 0.2) is 0 Å². The number of hydrogen-bond acceptors (Lipinski definition) is 2. The number of hydrogen-bond donors (Lipinski definition) is 1. The first-order valence-electron chi connectivity index (χ1n) is 6.10. The molecule has 2 unspecified atom stereocenters. The third-order valence-electron chi connectivity index (χ3n) is 4.11. The summed E-state index contributed by atoms with van der Waals surface area (Å²) in [6.07, 6.45) is 2.69. The number of amides is 2. The van der Waals surface area contributed by atoms with E-state index in [2.05, 4.69) is 0 Å². The molecule has 0 aromatic heterocycles. The summed E-state index contributed by atoms with van der Waals surface area (Å²) < 4.78 is 0. The van der Waals surface area contributed by atoms with E-state index in [-0.39, 0.29) is 11.3 Å². The van der Waals surface area contributed by atoms with Crippen LogP contribution >= 0.6 is 0 Å². The number of carboxylic acid groups (broad SMARTS) is 1. The molecule has 2 rings (SSSR count). The highest BCUT2D eigenvalue weighted by Gasteiger charge is 2.47. The minimum Gasteiger partial charge on any atom is -0.465 e. The lowest BCUT2D eigenvalue weighted by Gasteiger charge is -2.39. The Kier molecular flexibility index (Phi) is 3.02. The third-order valence-corrected chi connectivity index (χ3v) is 4.11. The van der Waals surface area contributed by atoms with Crippen molar-refractivity contribution >= 4 is 12.0 Å². The lowest BCUT2D eigenvalue weighted by Crippen LogP contribution is -2.47. The minimum atomic E-state index is -0.849. The molecule has 2 atom stereocenters. The van der Waals surface area contributed by atoms with Gasteiger partial charge in [-0.05, 0) is 30.6 Å². The first-order valence-corrected chi connectivity index (χ1v) is 6.10. The first-order chi connectivity index (χ1) is 7.92. The zero-order valence-corrected chi connectivity index (χ0v) is 10.5. The molecule has 2 bridgehead atoms. The van der Waals surface area contributed by atoms with Crippen molar-refractivity contribution in [1.82, 2.24) is 9.80 Å². The smallest absolute Gasteiger partial charge is 0.407 e. The van der Waals surface area contributed by atoms with Crippen LogP contribution in [0.3, 0.4) is 0 Å². The van der Waals surface area contributed by atoms with E-state index in [0.717, 1.165) is 19.3 Å². The molecule has 2 amide bonds. The highest BCUT2D eigenvalue weighted by Crippen LogP contribution is 2.48. The van der Waals surface area contributed by atoms with Gasteiger partial charge in [0.1, 0.15) is 0 Å². The van der Waals surface area contributed by atoms with Crippen LogP contribution in [0.5, 0.6) is 0 Å². The van der Waals surface area contributed by atoms with Crippen molar-refractivity contribution in [2.45, 2.75) is 25.7 Å². The van der Waals surface area contributed by atoms with Gasteiger partial charge in [-0.25, -0.2) is 4.79 Å². The largest absolute Gasteiger partial charge is 0.465 e. The summed E-state index contributed by atoms with van der Waals surface area (Å²) in [6, 6.07) is 0. The lowest BCUT2D eigenvalue weighted by atomic mass is 9.78. The molecule has 2 fully saturated rings. The van der Waals surface area contributed by atoms with E-state index in [4.69, 9.17) is 5.11 Å². The number of piperidine rings is 1. The fourth-order valence-electron chi connectivity index (χ4n) is 3.25. The Balaban J connectivity index is 2.08. The predicted octanol–water partition coefficient (Wildman–Crippen LogP) is 1.24. The molecule has 96 valence electrons. The van der Waals surface area contributed by atoms with Gasteiger partial charge in [0.25, 0.3) is 0 Å². The van der Waals surface area contributed by atoms with Gasteiger partial charge in [0.05, 0.1) is 0 Å². The van der Waals surface area contributed by atoms with Crippen molar-refractivity contribution in [2.75, 3.05) is 27.2 Å². The maximum Gasteiger partial charge on any atom is 0.407 e. The Labute approximate surface area is 101 Å². The average Bonchev–Trinajstić information content (AvgIpc) is 2.53. The van der Waals surface area contributed by atoms with E-state index in [9.17, 15) is 9.59 Å². The second kappa shape index (κ2) is 4.20. The van der Waals surface area contributed by atoms with E-state index in [1.165, 1.54) is 4.90 Å². The second-order valence-electron chi connectivity index (χ2n) is 5.74. The van der Waals surface area contributed by atoms with Gasteiger partial charge in [-0.3, -0.25) is 4.79 Å². The molecule has 0 aromatic rings. The van der Waals surface area contributed by atoms with Crippen LogP contribution in [0.25, 0.3) is 0 Å². The first kappa shape index (κ1) is 12.2. The van der Waals surface area contributed by atoms with E-state index < -0.39 is 6.09 Å². The predicted molar refractivity (Wildman–Crippen MR) is 62.7 cm³/mol. The number of carbonyl (C=O) groups is 2. The van der Waals surface area contributed by atoms with Gasteiger partial charge < -0.3 is 14.9 Å². The van der Waals surface area contributed by atoms with Crippen molar-refractivity contribution in [3.8, 4) is 0 Å². The second-order valence-corrected chi connectivity index (χ2v) is 5.74. The molecule has 1 N–H and O–H groups in total. The maximum absolute atomic E-state index is 11.8. The molecular weight excluding hydrogens is 220 g/mol. The number of rotatable bonds is 2. The molecule has 1 aliphatic heterocycles. The minimum absolute atomic E-state index is 0.0946. The summed E-state index contributed by atoms with van der Waals surface area (Å²) in [5, 5.41) is 9.09. The summed E-state index contributed by atoms with van der Waals surface area (Å²) in [6.45, 7) is 1.17. The highest BCUT2D eigenvalue weighted by molar-refractivity contribution is 5.76. The zero-order chi connectivity index (χ0) is 12.6. The van der Waals surface area contributed by atoms with Crippen LogP contribution in [0.15, 0.2) is 0 Å². The highest BCUT2D eigenvalue weighted by atomic mass is 16.4. The number of nitrogens with zero attached hydrogens (tertiary/aromatic N) is 2. The van der Waals surface area contributed by atoms with Crippen molar-refractivity contribution < 1.29 is 14.7 Å². The van der Waals surface area contributed by atoms with E-state index in [1.807, 2.05) is 0 Å². The SMILES string of the molecule is CN(C)C(=O)CC12CCC(CN(C(=O)O)C1)C2. The Morgan fingerprint density at radius 3 is 2.76 bits per heavy atom. The molecule has 0 aromatic carbocycles. The molecule has 5 nitrogen and oxygen atoms in total. The standard InChI is InChI=1S/C12H20N2O3/c1-13(2)10(15)6-12-4-3-9(5-12)7-14(8-12)11(16)17/h9H,3-8H2,1-2H3,(H,16,17). The van der Waals surface area contributed by atoms with Gasteiger partial charge in [0.2, 0.25) is 5.91 Å². The normalized spacial score (nSPS) is 31.4. The third kappa shape index (κ3) is 2.37. The summed E-state index contributed by atoms with van der Waals surface area (Å²) in [5.41, 5.74) is -0.0946. The molecule has 0 radical (unpaired) electrons. The topological polar surface area (TPSA) is 60.9 Å². The van der Waals surface area contributed by atoms with Crippen molar-refractivity contribution in [2.24, 2.45) is 11.3 Å². The number of likely N-dealkylation sites (tertiary alicyclic amines) is 1. The van der Waals surface area contributed by atoms with Gasteiger partial charge in [-0.1, -0.05) is 0 Å². The Morgan fingerprint density at radius 1 is 1.47 bits per heavy atom. The maximum atomic E-state index is 11.8. The molecule has 2 aliphatic rings. The Morgan fingerprint density at radius 2 is 2.18 bits per heavy atom. The van der Waals surface area contributed by atoms with Crippen LogP contribution in [0.2, 0.25) is 0 Å². The molecule has 1 aliphatic carbocycles. The van der Waals surface area contributed by atoms with Crippen LogP contribution in [0.4, 0.5) is 4.79 Å². The van der Waals surface area contributed by atoms with Crippen LogP contribution in [0, 0.1) is 11.3 Å². The Bertz CT molecular complexity index is 343. The number of carbonyl (C=O) groups excluding carboxylic acids is 1. The van der Waals surface area contributed by atoms with Gasteiger partial charge in [0, 0.05) is 33.6 Å². The molecule has 5 heteroatoms. The lowest BCUT2D eigenvalue weighted by molar-refractivity contribution is -0.131. The van der Waals surface area contributed by atoms with E-state index in [0.29, 0.717) is 25.4 Å². The van der Waals surface area contributed by atoms with Gasteiger partial charge in [-0.2, -0.15) is 0 Å². The summed E-state index contributed by atoms with van der Waals surface area (Å²) >= 11 is 0. The van der Waals surface area contributed by atoms with Crippen molar-refractivity contribution in [3.63, 3.8) is 0 Å². The van der Waals surface area contributed by atoms with Crippen LogP contribution < -0.4 is 0 Å². The molecule has 17 heavy (non-hydrogen) atoms. The van der Waals surface area contributed by atoms with Gasteiger partial charge >= 0.3 is 6.09 Å². The van der Waals surface area contributed by atoms with Crippen molar-refractivity contribution in [1.29, 1.82) is 0 Å². The summed E-state index contributed by atoms with van der Waals surface area (Å²) in [5.74, 6) is 0.563. The van der Waals surface area contributed by atoms with Crippen LogP contribution in [-0.4, -0.2) is 54.1 Å². The fraction of sp³-hybridized carbons (Fsp3) is 0.833. The molecule has 1 saturated heterocycles. The van der Waals surface area contributed by atoms with Crippen LogP contribution in [-0.2, 0) is 4.79 Å². The monoisotopic (exact) mass is 240 g/mol. The summed E-state index contributed by atoms with van der Waals surface area (Å²) in [4.78, 5) is 26.0. The Hall–Kier alpha value is -1.26. The molecule has 1 heterocycles. The van der Waals surface area contributed by atoms with Gasteiger partial charge in [-0.15, -0.1) is 0 Å². The summed E-state index contributed by atoms with van der Waals surface area (Å²) in [7, 11) is 3.51. The van der Waals surface area contributed by atoms with E-state index >= 15 is 0 Å². The zero-order valence-electron chi connectivity index (χ0n) is 10.5. The average molecular weight is 240 g/mol. The molecule has 1 saturated carbocycles. The van der Waals surface area contributed by atoms with Crippen molar-refractivity contribution in [3.05, 3.63) is 0 Å². The quantitative estimate of drug-likeness (QED) is 0.790. The van der Waals surface area contributed by atoms with E-state index in [1.54, 1.807) is 19.0 Å². The number of fused-ring (bicyclic) bond motifs is 2. The molecule has 0 spiro atoms.